The van der Waals surface area contributed by atoms with E-state index in [9.17, 15) is 9.90 Å². The fraction of sp³-hybridized carbons (Fsp3) is 0.438. The number of hydrogen-bond acceptors (Lipinski definition) is 3. The quantitative estimate of drug-likeness (QED) is 0.834. The first-order valence-corrected chi connectivity index (χ1v) is 7.95. The Bertz CT molecular complexity index is 671. The molecule has 0 spiro atoms. The van der Waals surface area contributed by atoms with E-state index in [1.54, 1.807) is 0 Å². The van der Waals surface area contributed by atoms with Crippen LogP contribution in [0.5, 0.6) is 5.88 Å². The smallest absolute Gasteiger partial charge is 0.307 e. The van der Waals surface area contributed by atoms with Crippen molar-refractivity contribution in [2.45, 2.75) is 39.0 Å². The molecule has 1 unspecified atom stereocenters. The van der Waals surface area contributed by atoms with Crippen molar-refractivity contribution in [1.29, 1.82) is 0 Å². The van der Waals surface area contributed by atoms with Crippen molar-refractivity contribution in [3.8, 4) is 5.88 Å². The Morgan fingerprint density at radius 1 is 1.40 bits per heavy atom. The standard InChI is InChI=1S/C16H19NO2S/c1-10-3-2-4-12-8-11(5-6-13(12)7-10)9-14-15(18)17-16(19)20-14/h5-6,8,10,18H,2-4,7,9H2,1H3,(H,17,19). The minimum absolute atomic E-state index is 0.0172. The summed E-state index contributed by atoms with van der Waals surface area (Å²) in [6, 6.07) is 6.59. The molecule has 1 atom stereocenters. The molecule has 2 N–H and O–H groups in total. The Morgan fingerprint density at radius 3 is 3.00 bits per heavy atom. The number of thiazole rings is 1. The number of hydrogen-bond donors (Lipinski definition) is 2. The molecule has 3 nitrogen and oxygen atoms in total. The number of H-pyrrole nitrogens is 1. The van der Waals surface area contributed by atoms with Crippen molar-refractivity contribution < 1.29 is 5.11 Å². The maximum Gasteiger partial charge on any atom is 0.307 e. The molecule has 4 heteroatoms. The Hall–Kier alpha value is -1.55. The Labute approximate surface area is 122 Å². The number of rotatable bonds is 2. The van der Waals surface area contributed by atoms with E-state index in [0.717, 1.165) is 28.6 Å². The summed E-state index contributed by atoms with van der Waals surface area (Å²) in [6.45, 7) is 2.32. The highest BCUT2D eigenvalue weighted by atomic mass is 32.1. The van der Waals surface area contributed by atoms with Crippen LogP contribution in [0.25, 0.3) is 0 Å². The van der Waals surface area contributed by atoms with Gasteiger partial charge in [-0.1, -0.05) is 42.9 Å². The highest BCUT2D eigenvalue weighted by molar-refractivity contribution is 7.09. The van der Waals surface area contributed by atoms with Crippen LogP contribution in [0.2, 0.25) is 0 Å². The topological polar surface area (TPSA) is 53.1 Å². The zero-order valence-electron chi connectivity index (χ0n) is 11.6. The summed E-state index contributed by atoms with van der Waals surface area (Å²) >= 11 is 1.09. The molecular formula is C16H19NO2S. The summed E-state index contributed by atoms with van der Waals surface area (Å²) in [5, 5.41) is 9.67. The van der Waals surface area contributed by atoms with Crippen LogP contribution in [0.15, 0.2) is 23.0 Å². The lowest BCUT2D eigenvalue weighted by molar-refractivity contribution is 0.451. The summed E-state index contributed by atoms with van der Waals surface area (Å²) in [6.07, 6.45) is 5.48. The molecule has 1 aliphatic rings. The minimum Gasteiger partial charge on any atom is -0.494 e. The normalized spacial score (nSPS) is 18.6. The number of aromatic nitrogens is 1. The van der Waals surface area contributed by atoms with E-state index in [2.05, 4.69) is 30.1 Å². The van der Waals surface area contributed by atoms with Gasteiger partial charge >= 0.3 is 4.87 Å². The zero-order chi connectivity index (χ0) is 14.1. The summed E-state index contributed by atoms with van der Waals surface area (Å²) in [7, 11) is 0. The molecular weight excluding hydrogens is 270 g/mol. The molecule has 20 heavy (non-hydrogen) atoms. The average molecular weight is 289 g/mol. The molecule has 3 rings (SSSR count). The second-order valence-electron chi connectivity index (χ2n) is 5.77. The molecule has 1 aromatic carbocycles. The Kier molecular flexibility index (Phi) is 3.66. The van der Waals surface area contributed by atoms with Gasteiger partial charge in [0, 0.05) is 6.42 Å². The van der Waals surface area contributed by atoms with Gasteiger partial charge in [-0.15, -0.1) is 0 Å². The first-order chi connectivity index (χ1) is 9.61. The predicted octanol–water partition coefficient (Wildman–Crippen LogP) is 3.25. The van der Waals surface area contributed by atoms with Gasteiger partial charge < -0.3 is 5.11 Å². The van der Waals surface area contributed by atoms with Crippen LogP contribution < -0.4 is 4.87 Å². The van der Waals surface area contributed by atoms with Gasteiger partial charge in [0.15, 0.2) is 0 Å². The van der Waals surface area contributed by atoms with Crippen molar-refractivity contribution in [2.24, 2.45) is 5.92 Å². The van der Waals surface area contributed by atoms with Crippen molar-refractivity contribution >= 4 is 11.3 Å². The summed E-state index contributed by atoms with van der Waals surface area (Å²) in [4.78, 5) is 14.2. The SMILES string of the molecule is CC1CCCc2cc(Cc3sc(=O)[nH]c3O)ccc2C1. The van der Waals surface area contributed by atoms with Crippen LogP contribution in [0.1, 0.15) is 41.3 Å². The van der Waals surface area contributed by atoms with Crippen molar-refractivity contribution in [3.63, 3.8) is 0 Å². The molecule has 106 valence electrons. The van der Waals surface area contributed by atoms with Crippen molar-refractivity contribution in [1.82, 2.24) is 4.98 Å². The minimum atomic E-state index is -0.193. The van der Waals surface area contributed by atoms with Crippen LogP contribution in [0.3, 0.4) is 0 Å². The first-order valence-electron chi connectivity index (χ1n) is 7.13. The maximum atomic E-state index is 11.2. The highest BCUT2D eigenvalue weighted by Crippen LogP contribution is 2.27. The van der Waals surface area contributed by atoms with E-state index >= 15 is 0 Å². The molecule has 0 bridgehead atoms. The number of nitrogens with one attached hydrogen (secondary N) is 1. The predicted molar refractivity (Wildman–Crippen MR) is 81.7 cm³/mol. The van der Waals surface area contributed by atoms with Crippen LogP contribution >= 0.6 is 11.3 Å². The molecule has 0 aliphatic heterocycles. The molecule has 1 aromatic heterocycles. The van der Waals surface area contributed by atoms with E-state index in [1.165, 1.54) is 36.0 Å². The van der Waals surface area contributed by atoms with Gasteiger partial charge in [0.25, 0.3) is 0 Å². The lowest BCUT2D eigenvalue weighted by Crippen LogP contribution is -1.98. The fourth-order valence-corrected chi connectivity index (χ4v) is 3.75. The van der Waals surface area contributed by atoms with E-state index in [4.69, 9.17) is 0 Å². The van der Waals surface area contributed by atoms with Gasteiger partial charge in [0.2, 0.25) is 5.88 Å². The zero-order valence-corrected chi connectivity index (χ0v) is 12.4. The lowest BCUT2D eigenvalue weighted by atomic mass is 9.96. The number of benzene rings is 1. The third-order valence-electron chi connectivity index (χ3n) is 4.05. The number of aromatic hydroxyl groups is 1. The van der Waals surface area contributed by atoms with Gasteiger partial charge in [0.05, 0.1) is 4.88 Å². The van der Waals surface area contributed by atoms with Crippen LogP contribution in [0.4, 0.5) is 0 Å². The summed E-state index contributed by atoms with van der Waals surface area (Å²) in [5.74, 6) is 0.782. The molecule has 1 heterocycles. The average Bonchev–Trinajstić information content (AvgIpc) is 2.59. The molecule has 2 aromatic rings. The largest absolute Gasteiger partial charge is 0.494 e. The van der Waals surface area contributed by atoms with E-state index in [0.29, 0.717) is 6.42 Å². The molecule has 0 saturated carbocycles. The third kappa shape index (κ3) is 2.80. The Balaban J connectivity index is 1.87. The number of aromatic amines is 1. The number of fused-ring (bicyclic) bond motifs is 1. The summed E-state index contributed by atoms with van der Waals surface area (Å²) in [5.41, 5.74) is 4.07. The van der Waals surface area contributed by atoms with Crippen molar-refractivity contribution in [2.75, 3.05) is 0 Å². The van der Waals surface area contributed by atoms with Gasteiger partial charge in [-0.2, -0.15) is 0 Å². The van der Waals surface area contributed by atoms with E-state index in [-0.39, 0.29) is 10.8 Å². The van der Waals surface area contributed by atoms with E-state index in [1.807, 2.05) is 0 Å². The lowest BCUT2D eigenvalue weighted by Gasteiger charge is -2.10. The second-order valence-corrected chi connectivity index (χ2v) is 6.84. The molecule has 0 fully saturated rings. The molecule has 0 saturated heterocycles. The van der Waals surface area contributed by atoms with E-state index < -0.39 is 0 Å². The van der Waals surface area contributed by atoms with Crippen LogP contribution in [-0.4, -0.2) is 10.1 Å². The molecule has 0 amide bonds. The maximum absolute atomic E-state index is 11.2. The fourth-order valence-electron chi connectivity index (χ4n) is 3.00. The third-order valence-corrected chi connectivity index (χ3v) is 4.92. The van der Waals surface area contributed by atoms with Gasteiger partial charge in [-0.05, 0) is 41.9 Å². The molecule has 1 aliphatic carbocycles. The van der Waals surface area contributed by atoms with Crippen LogP contribution in [0, 0.1) is 5.92 Å². The van der Waals surface area contributed by atoms with Crippen LogP contribution in [-0.2, 0) is 19.3 Å². The van der Waals surface area contributed by atoms with Gasteiger partial charge in [-0.25, -0.2) is 0 Å². The van der Waals surface area contributed by atoms with Crippen molar-refractivity contribution in [3.05, 3.63) is 49.4 Å². The summed E-state index contributed by atoms with van der Waals surface area (Å²) < 4.78 is 0. The monoisotopic (exact) mass is 289 g/mol. The Morgan fingerprint density at radius 2 is 2.25 bits per heavy atom. The first kappa shape index (κ1) is 13.4. The van der Waals surface area contributed by atoms with Gasteiger partial charge in [0.1, 0.15) is 0 Å². The highest BCUT2D eigenvalue weighted by Gasteiger charge is 2.14. The number of aryl methyl sites for hydroxylation is 1. The second kappa shape index (κ2) is 5.44. The molecule has 0 radical (unpaired) electrons. The van der Waals surface area contributed by atoms with Gasteiger partial charge in [-0.3, -0.25) is 9.78 Å².